The number of morpholine rings is 1. The van der Waals surface area contributed by atoms with Crippen molar-refractivity contribution in [2.45, 2.75) is 58.9 Å². The molecule has 19 nitrogen and oxygen atoms in total. The Hall–Kier alpha value is -9.61. The molecule has 1 saturated heterocycles. The van der Waals surface area contributed by atoms with Crippen molar-refractivity contribution in [2.24, 2.45) is 0 Å². The molecule has 4 aromatic carbocycles. The summed E-state index contributed by atoms with van der Waals surface area (Å²) in [7, 11) is 0. The predicted octanol–water partition coefficient (Wildman–Crippen LogP) is 10.8. The van der Waals surface area contributed by atoms with Crippen molar-refractivity contribution in [3.05, 3.63) is 191 Å². The van der Waals surface area contributed by atoms with Crippen LogP contribution in [0.4, 0.5) is 69.4 Å². The number of hydrogen-bond acceptors (Lipinski definition) is 15. The summed E-state index contributed by atoms with van der Waals surface area (Å²) < 4.78 is 65.7. The second-order valence-corrected chi connectivity index (χ2v) is 19.6. The van der Waals surface area contributed by atoms with Crippen LogP contribution in [-0.2, 0) is 36.0 Å². The van der Waals surface area contributed by atoms with E-state index in [0.717, 1.165) is 50.2 Å². The maximum absolute atomic E-state index is 14.3. The number of nitrogens with zero attached hydrogens (tertiary/aromatic N) is 10. The van der Waals surface area contributed by atoms with E-state index in [1.54, 1.807) is 51.8 Å². The van der Waals surface area contributed by atoms with Crippen LogP contribution in [0, 0.1) is 13.8 Å². The highest BCUT2D eigenvalue weighted by molar-refractivity contribution is 6.05. The summed E-state index contributed by atoms with van der Waals surface area (Å²) in [5.41, 5.74) is 11.6. The zero-order valence-electron chi connectivity index (χ0n) is 44.5. The molecule has 0 radical (unpaired) electrons. The fraction of sp³-hybridized carbons (Fsp3) is 0.224. The molecular formula is C58H56F4N16O3. The summed E-state index contributed by atoms with van der Waals surface area (Å²) in [6.45, 7) is 9.19. The molecule has 81 heavy (non-hydrogen) atoms. The van der Waals surface area contributed by atoms with Gasteiger partial charge in [-0.05, 0) is 98.0 Å². The average Bonchev–Trinajstić information content (AvgIpc) is 4.24. The number of carbonyl (C=O) groups excluding carboxylic acids is 2. The zero-order valence-corrected chi connectivity index (χ0v) is 44.5. The summed E-state index contributed by atoms with van der Waals surface area (Å²) in [5, 5.41) is 25.7. The van der Waals surface area contributed by atoms with E-state index in [-0.39, 0.29) is 28.1 Å². The third-order valence-corrected chi connectivity index (χ3v) is 13.2. The molecular weight excluding hydrogens is 1040 g/mol. The number of ether oxygens (including phenoxy) is 1. The first kappa shape index (κ1) is 54.7. The normalized spacial score (nSPS) is 12.9. The van der Waals surface area contributed by atoms with Crippen molar-refractivity contribution in [3.63, 3.8) is 0 Å². The standard InChI is InChI=1S/C58H56F4N16O3/c1-35-11-15-43(69-55(79)39-7-5-9-41(24-39)57(3,59)60)26-46(35)71-54-28-45(75-78(54)51-29-48(63)65-33-67-51)17-14-38-13-16-44(70-56(80)40-8-6-10-42(25-40)58(4,61)62)27-47(38)72-53-23-36(2)74-77(53)52-30-50(66-34-68-52)73-49-18-12-37(31-64-49)32-76-19-21-81-22-20-76/h5-13,15-16,18,23-31,33-34,71-72H,14,17,19-22,32H2,1-4H3,(H,69,79)(H,70,80)(H2,63,65,67)(H,64,66,68,73). The third kappa shape index (κ3) is 13.6. The summed E-state index contributed by atoms with van der Waals surface area (Å²) in [6.07, 6.45) is 5.34. The lowest BCUT2D eigenvalue weighted by atomic mass is 10.0. The Morgan fingerprint density at radius 2 is 1.23 bits per heavy atom. The van der Waals surface area contributed by atoms with Crippen LogP contribution in [0.25, 0.3) is 11.6 Å². The van der Waals surface area contributed by atoms with Gasteiger partial charge in [0, 0.05) is 109 Å². The highest BCUT2D eigenvalue weighted by Gasteiger charge is 2.27. The monoisotopic (exact) mass is 1100 g/mol. The molecule has 9 aromatic rings. The van der Waals surface area contributed by atoms with Crippen LogP contribution in [0.2, 0.25) is 0 Å². The lowest BCUT2D eigenvalue weighted by molar-refractivity contribution is 0.0167. The van der Waals surface area contributed by atoms with E-state index in [1.807, 2.05) is 50.4 Å². The Balaban J connectivity index is 0.928. The molecule has 6 heterocycles. The van der Waals surface area contributed by atoms with Crippen molar-refractivity contribution in [3.8, 4) is 11.6 Å². The van der Waals surface area contributed by atoms with E-state index in [0.29, 0.717) is 95.1 Å². The van der Waals surface area contributed by atoms with Gasteiger partial charge >= 0.3 is 0 Å². The van der Waals surface area contributed by atoms with E-state index in [2.05, 4.69) is 56.4 Å². The van der Waals surface area contributed by atoms with Crippen LogP contribution in [0.1, 0.15) is 73.8 Å². The molecule has 0 unspecified atom stereocenters. The summed E-state index contributed by atoms with van der Waals surface area (Å²) in [6, 6.07) is 32.1. The van der Waals surface area contributed by atoms with Gasteiger partial charge in [-0.2, -0.15) is 19.6 Å². The topological polar surface area (TPSA) is 233 Å². The number of rotatable bonds is 19. The van der Waals surface area contributed by atoms with Crippen LogP contribution in [0.3, 0.4) is 0 Å². The van der Waals surface area contributed by atoms with Gasteiger partial charge in [0.05, 0.1) is 24.6 Å². The minimum absolute atomic E-state index is 0.0538. The van der Waals surface area contributed by atoms with Gasteiger partial charge in [0.2, 0.25) is 0 Å². The highest BCUT2D eigenvalue weighted by Crippen LogP contribution is 2.33. The molecule has 7 N–H and O–H groups in total. The zero-order chi connectivity index (χ0) is 56.8. The summed E-state index contributed by atoms with van der Waals surface area (Å²) in [5.74, 6) is -4.37. The number of aryl methyl sites for hydroxylation is 4. The van der Waals surface area contributed by atoms with E-state index in [9.17, 15) is 27.2 Å². The van der Waals surface area contributed by atoms with Crippen molar-refractivity contribution >= 4 is 63.7 Å². The van der Waals surface area contributed by atoms with Gasteiger partial charge in [-0.15, -0.1) is 0 Å². The Kier molecular flexibility index (Phi) is 15.8. The molecule has 2 amide bonds. The Labute approximate surface area is 463 Å². The molecule has 1 aliphatic heterocycles. The predicted molar refractivity (Wildman–Crippen MR) is 301 cm³/mol. The van der Waals surface area contributed by atoms with E-state index < -0.39 is 23.7 Å². The Morgan fingerprint density at radius 1 is 0.617 bits per heavy atom. The molecule has 23 heteroatoms. The fourth-order valence-corrected chi connectivity index (χ4v) is 8.96. The fourth-order valence-electron chi connectivity index (χ4n) is 8.96. The van der Waals surface area contributed by atoms with Crippen molar-refractivity contribution in [2.75, 3.05) is 58.6 Å². The lowest BCUT2D eigenvalue weighted by Gasteiger charge is -2.26. The van der Waals surface area contributed by atoms with Gasteiger partial charge in [-0.3, -0.25) is 14.5 Å². The van der Waals surface area contributed by atoms with Crippen LogP contribution in [-0.4, -0.2) is 87.5 Å². The van der Waals surface area contributed by atoms with Crippen molar-refractivity contribution in [1.29, 1.82) is 0 Å². The molecule has 0 atom stereocenters. The highest BCUT2D eigenvalue weighted by atomic mass is 19.3. The molecule has 10 rings (SSSR count). The number of nitrogen functional groups attached to an aromatic ring is 1. The van der Waals surface area contributed by atoms with Crippen LogP contribution < -0.4 is 32.3 Å². The number of benzene rings is 4. The third-order valence-electron chi connectivity index (χ3n) is 13.2. The number of pyridine rings is 1. The molecule has 5 aromatic heterocycles. The molecule has 0 aliphatic carbocycles. The Bertz CT molecular complexity index is 3740. The first-order valence-electron chi connectivity index (χ1n) is 25.8. The number of anilines is 9. The molecule has 0 saturated carbocycles. The Morgan fingerprint density at radius 3 is 1.89 bits per heavy atom. The van der Waals surface area contributed by atoms with Crippen LogP contribution in [0.5, 0.6) is 0 Å². The number of nitrogens with two attached hydrogens (primary N) is 1. The van der Waals surface area contributed by atoms with Gasteiger partial charge in [-0.1, -0.05) is 42.5 Å². The van der Waals surface area contributed by atoms with Gasteiger partial charge in [0.25, 0.3) is 23.7 Å². The number of nitrogens with one attached hydrogen (secondary N) is 5. The second kappa shape index (κ2) is 23.4. The number of alkyl halides is 4. The van der Waals surface area contributed by atoms with Gasteiger partial charge in [0.15, 0.2) is 11.6 Å². The number of halogens is 4. The van der Waals surface area contributed by atoms with Gasteiger partial charge in [0.1, 0.15) is 41.7 Å². The second-order valence-electron chi connectivity index (χ2n) is 19.6. The van der Waals surface area contributed by atoms with Crippen molar-refractivity contribution < 1.29 is 31.9 Å². The van der Waals surface area contributed by atoms with Gasteiger partial charge in [-0.25, -0.2) is 42.5 Å². The summed E-state index contributed by atoms with van der Waals surface area (Å²) in [4.78, 5) is 51.5. The van der Waals surface area contributed by atoms with Crippen molar-refractivity contribution in [1.82, 2.24) is 49.4 Å². The average molecular weight is 1100 g/mol. The maximum Gasteiger partial charge on any atom is 0.270 e. The molecule has 1 aliphatic rings. The summed E-state index contributed by atoms with van der Waals surface area (Å²) >= 11 is 0. The minimum atomic E-state index is -3.16. The number of aromatic nitrogens is 9. The quantitative estimate of drug-likeness (QED) is 0.0413. The van der Waals surface area contributed by atoms with Gasteiger partial charge < -0.3 is 37.1 Å². The maximum atomic E-state index is 14.3. The lowest BCUT2D eigenvalue weighted by Crippen LogP contribution is -2.35. The number of amides is 2. The minimum Gasteiger partial charge on any atom is -0.384 e. The molecule has 0 spiro atoms. The smallest absolute Gasteiger partial charge is 0.270 e. The first-order chi connectivity index (χ1) is 38.9. The number of hydrogen-bond donors (Lipinski definition) is 6. The largest absolute Gasteiger partial charge is 0.384 e. The first-order valence-corrected chi connectivity index (χ1v) is 25.8. The van der Waals surface area contributed by atoms with E-state index in [4.69, 9.17) is 20.7 Å². The molecule has 1 fully saturated rings. The van der Waals surface area contributed by atoms with Crippen LogP contribution >= 0.6 is 0 Å². The van der Waals surface area contributed by atoms with E-state index >= 15 is 0 Å². The van der Waals surface area contributed by atoms with E-state index in [1.165, 1.54) is 61.2 Å². The SMILES string of the molecule is Cc1cc(Nc2cc(NC(=O)c3cccc(C(C)(F)F)c3)ccc2CCc2cc(Nc3cc(NC(=O)c4cccc(C(C)(F)F)c4)ccc3C)n(-c3cc(N)ncn3)n2)n(-c2cc(Nc3ccc(CN4CCOCC4)cn3)ncn2)n1. The molecule has 0 bridgehead atoms. The number of carbonyl (C=O) groups is 2. The molecule has 414 valence electrons. The van der Waals surface area contributed by atoms with Crippen LogP contribution in [0.15, 0.2) is 140 Å².